The summed E-state index contributed by atoms with van der Waals surface area (Å²) in [6, 6.07) is 39.1. The third-order valence-corrected chi connectivity index (χ3v) is 7.56. The van der Waals surface area contributed by atoms with E-state index in [0.29, 0.717) is 11.3 Å². The first-order valence-corrected chi connectivity index (χ1v) is 14.3. The first-order chi connectivity index (χ1) is 20.4. The van der Waals surface area contributed by atoms with Gasteiger partial charge in [0, 0.05) is 21.8 Å². The van der Waals surface area contributed by atoms with Crippen LogP contribution in [0.3, 0.4) is 0 Å². The van der Waals surface area contributed by atoms with Crippen molar-refractivity contribution in [3.8, 4) is 0 Å². The van der Waals surface area contributed by atoms with Gasteiger partial charge in [-0.05, 0) is 77.9 Å². The van der Waals surface area contributed by atoms with E-state index in [1.807, 2.05) is 97.9 Å². The summed E-state index contributed by atoms with van der Waals surface area (Å²) in [6.45, 7) is 1.85. The van der Waals surface area contributed by atoms with Crippen molar-refractivity contribution < 1.29 is 14.4 Å². The number of carbonyl (C=O) groups is 3. The van der Waals surface area contributed by atoms with Crippen LogP contribution in [0.25, 0.3) is 16.8 Å². The molecule has 6 nitrogen and oxygen atoms in total. The third-order valence-electron chi connectivity index (χ3n) is 6.45. The van der Waals surface area contributed by atoms with Crippen molar-refractivity contribution in [3.05, 3.63) is 144 Å². The van der Waals surface area contributed by atoms with Gasteiger partial charge in [0.25, 0.3) is 11.8 Å². The normalized spacial score (nSPS) is 11.9. The third kappa shape index (κ3) is 7.53. The van der Waals surface area contributed by atoms with Crippen LogP contribution in [-0.2, 0) is 9.59 Å². The average molecular weight is 572 g/mol. The minimum absolute atomic E-state index is 0.0995. The molecule has 0 aromatic heterocycles. The molecule has 3 N–H and O–H groups in total. The molecule has 0 bridgehead atoms. The summed E-state index contributed by atoms with van der Waals surface area (Å²) >= 11 is 1.42. The second-order valence-electron chi connectivity index (χ2n) is 9.58. The van der Waals surface area contributed by atoms with E-state index in [4.69, 9.17) is 0 Å². The summed E-state index contributed by atoms with van der Waals surface area (Å²) in [6.07, 6.45) is 1.64. The van der Waals surface area contributed by atoms with Gasteiger partial charge in [-0.1, -0.05) is 78.9 Å². The summed E-state index contributed by atoms with van der Waals surface area (Å²) in [4.78, 5) is 39.8. The largest absolute Gasteiger partial charge is 0.325 e. The number of hydrogen-bond acceptors (Lipinski definition) is 4. The second-order valence-corrected chi connectivity index (χ2v) is 11.0. The van der Waals surface area contributed by atoms with Gasteiger partial charge in [0.15, 0.2) is 0 Å². The van der Waals surface area contributed by atoms with Crippen molar-refractivity contribution in [1.29, 1.82) is 0 Å². The molecule has 5 rings (SSSR count). The number of rotatable bonds is 9. The molecule has 1 atom stereocenters. The van der Waals surface area contributed by atoms with E-state index in [1.54, 1.807) is 42.5 Å². The summed E-state index contributed by atoms with van der Waals surface area (Å²) < 4.78 is 0. The molecule has 0 saturated carbocycles. The van der Waals surface area contributed by atoms with E-state index >= 15 is 0 Å². The molecule has 0 aliphatic heterocycles. The van der Waals surface area contributed by atoms with Gasteiger partial charge in [-0.3, -0.25) is 14.4 Å². The van der Waals surface area contributed by atoms with Crippen LogP contribution >= 0.6 is 11.8 Å². The van der Waals surface area contributed by atoms with Gasteiger partial charge in [0.1, 0.15) is 5.70 Å². The Labute approximate surface area is 248 Å². The Morgan fingerprint density at radius 3 is 2.00 bits per heavy atom. The molecule has 7 heteroatoms. The maximum Gasteiger partial charge on any atom is 0.272 e. The fraction of sp³-hybridized carbons (Fsp3) is 0.0571. The van der Waals surface area contributed by atoms with Crippen LogP contribution in [-0.4, -0.2) is 23.0 Å². The molecule has 0 fully saturated rings. The van der Waals surface area contributed by atoms with E-state index in [-0.39, 0.29) is 22.8 Å². The molecule has 3 amide bonds. The Morgan fingerprint density at radius 2 is 1.29 bits per heavy atom. The minimum atomic E-state index is -0.452. The van der Waals surface area contributed by atoms with E-state index < -0.39 is 5.91 Å². The lowest BCUT2D eigenvalue weighted by atomic mass is 10.1. The Kier molecular flexibility index (Phi) is 9.11. The molecule has 208 valence electrons. The van der Waals surface area contributed by atoms with Crippen molar-refractivity contribution in [2.45, 2.75) is 17.1 Å². The highest BCUT2D eigenvalue weighted by Gasteiger charge is 2.17. The minimum Gasteiger partial charge on any atom is -0.325 e. The molecule has 0 spiro atoms. The molecule has 0 heterocycles. The average Bonchev–Trinajstić information content (AvgIpc) is 3.02. The molecule has 0 aliphatic carbocycles. The lowest BCUT2D eigenvalue weighted by Gasteiger charge is -2.14. The SMILES string of the molecule is CC(Sc1ccc(NC(=O)/C(=C/c2ccccc2)NC(=O)c2ccccc2)cc1)C(=O)Nc1ccc2ccccc2c1. The van der Waals surface area contributed by atoms with E-state index in [0.717, 1.165) is 26.9 Å². The Morgan fingerprint density at radius 1 is 0.667 bits per heavy atom. The summed E-state index contributed by atoms with van der Waals surface area (Å²) in [5.74, 6) is -0.931. The topological polar surface area (TPSA) is 87.3 Å². The molecule has 42 heavy (non-hydrogen) atoms. The maximum absolute atomic E-state index is 13.2. The molecular weight excluding hydrogens is 542 g/mol. The Bertz CT molecular complexity index is 1740. The second kappa shape index (κ2) is 13.5. The zero-order valence-corrected chi connectivity index (χ0v) is 23.7. The Balaban J connectivity index is 1.22. The van der Waals surface area contributed by atoms with Gasteiger partial charge in [0.2, 0.25) is 5.91 Å². The van der Waals surface area contributed by atoms with Gasteiger partial charge in [-0.25, -0.2) is 0 Å². The van der Waals surface area contributed by atoms with Gasteiger partial charge in [-0.2, -0.15) is 0 Å². The predicted octanol–water partition coefficient (Wildman–Crippen LogP) is 7.37. The predicted molar refractivity (Wildman–Crippen MR) is 171 cm³/mol. The fourth-order valence-corrected chi connectivity index (χ4v) is 5.11. The zero-order valence-electron chi connectivity index (χ0n) is 22.9. The van der Waals surface area contributed by atoms with E-state index in [2.05, 4.69) is 16.0 Å². The van der Waals surface area contributed by atoms with Crippen molar-refractivity contribution in [1.82, 2.24) is 5.32 Å². The smallest absolute Gasteiger partial charge is 0.272 e. The molecule has 0 aliphatic rings. The van der Waals surface area contributed by atoms with E-state index in [1.165, 1.54) is 11.8 Å². The Hall–Kier alpha value is -5.14. The molecule has 0 radical (unpaired) electrons. The molecule has 5 aromatic rings. The maximum atomic E-state index is 13.2. The van der Waals surface area contributed by atoms with Crippen LogP contribution in [0.4, 0.5) is 11.4 Å². The standard InChI is InChI=1S/C35H29N3O3S/c1-24(33(39)37-30-17-16-26-12-8-9-15-28(26)23-30)42-31-20-18-29(19-21-31)36-35(41)32(22-25-10-4-2-5-11-25)38-34(40)27-13-6-3-7-14-27/h2-24H,1H3,(H,36,41)(H,37,39)(H,38,40)/b32-22-. The quantitative estimate of drug-likeness (QED) is 0.127. The number of fused-ring (bicyclic) bond motifs is 1. The van der Waals surface area contributed by atoms with Crippen molar-refractivity contribution in [2.24, 2.45) is 0 Å². The zero-order chi connectivity index (χ0) is 29.3. The lowest BCUT2D eigenvalue weighted by molar-refractivity contribution is -0.115. The number of amides is 3. The van der Waals surface area contributed by atoms with Crippen LogP contribution in [0.1, 0.15) is 22.8 Å². The van der Waals surface area contributed by atoms with Gasteiger partial charge in [-0.15, -0.1) is 11.8 Å². The van der Waals surface area contributed by atoms with Gasteiger partial charge < -0.3 is 16.0 Å². The fourth-order valence-electron chi connectivity index (χ4n) is 4.24. The highest BCUT2D eigenvalue weighted by Crippen LogP contribution is 2.26. The summed E-state index contributed by atoms with van der Waals surface area (Å²) in [7, 11) is 0. The first-order valence-electron chi connectivity index (χ1n) is 13.5. The van der Waals surface area contributed by atoms with Crippen molar-refractivity contribution in [3.63, 3.8) is 0 Å². The summed E-state index contributed by atoms with van der Waals surface area (Å²) in [5, 5.41) is 10.4. The highest BCUT2D eigenvalue weighted by atomic mass is 32.2. The molecule has 5 aromatic carbocycles. The summed E-state index contributed by atoms with van der Waals surface area (Å²) in [5.41, 5.74) is 2.66. The number of nitrogens with one attached hydrogen (secondary N) is 3. The van der Waals surface area contributed by atoms with Crippen LogP contribution in [0.2, 0.25) is 0 Å². The monoisotopic (exact) mass is 571 g/mol. The number of thioether (sulfide) groups is 1. The lowest BCUT2D eigenvalue weighted by Crippen LogP contribution is -2.30. The van der Waals surface area contributed by atoms with Gasteiger partial charge >= 0.3 is 0 Å². The highest BCUT2D eigenvalue weighted by molar-refractivity contribution is 8.00. The number of carbonyl (C=O) groups excluding carboxylic acids is 3. The number of hydrogen-bond donors (Lipinski definition) is 3. The molecule has 1 unspecified atom stereocenters. The molecular formula is C35H29N3O3S. The molecule has 0 saturated heterocycles. The van der Waals surface area contributed by atoms with E-state index in [9.17, 15) is 14.4 Å². The van der Waals surface area contributed by atoms with Crippen LogP contribution < -0.4 is 16.0 Å². The number of anilines is 2. The van der Waals surface area contributed by atoms with Crippen LogP contribution in [0.5, 0.6) is 0 Å². The van der Waals surface area contributed by atoms with Crippen LogP contribution in [0.15, 0.2) is 138 Å². The first kappa shape index (κ1) is 28.4. The van der Waals surface area contributed by atoms with Crippen molar-refractivity contribution in [2.75, 3.05) is 10.6 Å². The van der Waals surface area contributed by atoms with Gasteiger partial charge in [0.05, 0.1) is 5.25 Å². The van der Waals surface area contributed by atoms with Crippen molar-refractivity contribution >= 4 is 57.7 Å². The number of benzene rings is 5. The van der Waals surface area contributed by atoms with Crippen LogP contribution in [0, 0.1) is 0 Å².